The summed E-state index contributed by atoms with van der Waals surface area (Å²) in [5.74, 6) is 0.0539. The largest absolute Gasteiger partial charge is 0.348 e. The Morgan fingerprint density at radius 3 is 2.68 bits per heavy atom. The Morgan fingerprint density at radius 2 is 1.95 bits per heavy atom. The zero-order chi connectivity index (χ0) is 15.5. The molecule has 0 N–H and O–H groups in total. The van der Waals surface area contributed by atoms with Gasteiger partial charge in [0.15, 0.2) is 0 Å². The van der Waals surface area contributed by atoms with E-state index in [2.05, 4.69) is 9.97 Å². The van der Waals surface area contributed by atoms with Crippen molar-refractivity contribution in [1.29, 1.82) is 0 Å². The molecule has 0 aliphatic rings. The number of aromatic nitrogens is 2. The van der Waals surface area contributed by atoms with Crippen molar-refractivity contribution in [2.45, 2.75) is 10.3 Å². The molecule has 0 saturated heterocycles. The number of hydrogen-bond donors (Lipinski definition) is 0. The minimum absolute atomic E-state index is 0.0539. The van der Waals surface area contributed by atoms with Crippen LogP contribution in [0.25, 0.3) is 10.2 Å². The van der Waals surface area contributed by atoms with Crippen molar-refractivity contribution in [3.8, 4) is 0 Å². The van der Waals surface area contributed by atoms with Gasteiger partial charge in [0.1, 0.15) is 21.4 Å². The van der Waals surface area contributed by atoms with Crippen molar-refractivity contribution in [3.63, 3.8) is 0 Å². The van der Waals surface area contributed by atoms with E-state index in [0.717, 1.165) is 20.8 Å². The second-order valence-electron chi connectivity index (χ2n) is 4.96. The van der Waals surface area contributed by atoms with Gasteiger partial charge in [-0.1, -0.05) is 42.1 Å². The Morgan fingerprint density at radius 1 is 1.18 bits per heavy atom. The maximum Gasteiger partial charge on any atom is 0.240 e. The van der Waals surface area contributed by atoms with Gasteiger partial charge in [-0.15, -0.1) is 11.3 Å². The highest BCUT2D eigenvalue weighted by atomic mass is 32.2. The fraction of sp³-hybridized carbons (Fsp3) is 0.188. The quantitative estimate of drug-likeness (QED) is 0.542. The minimum Gasteiger partial charge on any atom is -0.348 e. The molecule has 0 fully saturated rings. The molecule has 0 unspecified atom stereocenters. The molecule has 0 radical (unpaired) electrons. The topological polar surface area (TPSA) is 46.1 Å². The van der Waals surface area contributed by atoms with Crippen molar-refractivity contribution < 1.29 is 4.79 Å². The first-order valence-electron chi connectivity index (χ1n) is 6.78. The van der Waals surface area contributed by atoms with E-state index in [0.29, 0.717) is 0 Å². The lowest BCUT2D eigenvalue weighted by Gasteiger charge is -2.20. The molecule has 0 bridgehead atoms. The summed E-state index contributed by atoms with van der Waals surface area (Å²) in [4.78, 5) is 23.8. The molecule has 1 amide bonds. The Bertz CT molecular complexity index is 786. The second kappa shape index (κ2) is 6.46. The number of benzene rings is 1. The van der Waals surface area contributed by atoms with E-state index in [4.69, 9.17) is 0 Å². The molecule has 2 aromatic heterocycles. The predicted octanol–water partition coefficient (Wildman–Crippen LogP) is 3.61. The summed E-state index contributed by atoms with van der Waals surface area (Å²) < 4.78 is 0. The van der Waals surface area contributed by atoms with Gasteiger partial charge in [0.25, 0.3) is 0 Å². The van der Waals surface area contributed by atoms with Crippen molar-refractivity contribution >= 4 is 39.2 Å². The number of hydrogen-bond acceptors (Lipinski definition) is 5. The van der Waals surface area contributed by atoms with Crippen molar-refractivity contribution in [3.05, 3.63) is 53.7 Å². The molecule has 112 valence electrons. The number of fused-ring (bicyclic) bond motifs is 1. The molecule has 0 aliphatic heterocycles. The number of likely N-dealkylation sites (N-methyl/N-ethyl adjacent to an activating group) is 1. The highest BCUT2D eigenvalue weighted by Gasteiger charge is 2.25. The first kappa shape index (κ1) is 15.0. The van der Waals surface area contributed by atoms with E-state index < -0.39 is 0 Å². The molecule has 2 heterocycles. The minimum atomic E-state index is -0.311. The Kier molecular flexibility index (Phi) is 4.40. The molecular formula is C16H15N3OS2. The standard InChI is InChI=1S/C16H15N3OS2/c1-19(2)16(20)13(11-6-4-3-5-7-11)22-15-12-8-9-21-14(12)17-10-18-15/h3-10,13H,1-2H3/t13-/m1/s1. The number of nitrogens with zero attached hydrogens (tertiary/aromatic N) is 3. The summed E-state index contributed by atoms with van der Waals surface area (Å²) in [5.41, 5.74) is 0.980. The van der Waals surface area contributed by atoms with Gasteiger partial charge in [0.2, 0.25) is 5.91 Å². The highest BCUT2D eigenvalue weighted by molar-refractivity contribution is 8.00. The summed E-state index contributed by atoms with van der Waals surface area (Å²) >= 11 is 3.06. The molecule has 0 aliphatic carbocycles. The van der Waals surface area contributed by atoms with Crippen molar-refractivity contribution in [2.75, 3.05) is 14.1 Å². The molecule has 1 atom stereocenters. The number of thiophene rings is 1. The van der Waals surface area contributed by atoms with Crippen LogP contribution >= 0.6 is 23.1 Å². The van der Waals surface area contributed by atoms with Crippen LogP contribution in [0, 0.1) is 0 Å². The third kappa shape index (κ3) is 2.98. The monoisotopic (exact) mass is 329 g/mol. The Labute approximate surface area is 137 Å². The van der Waals surface area contributed by atoms with Crippen molar-refractivity contribution in [2.24, 2.45) is 0 Å². The van der Waals surface area contributed by atoms with E-state index >= 15 is 0 Å². The van der Waals surface area contributed by atoms with E-state index in [1.165, 1.54) is 11.8 Å². The van der Waals surface area contributed by atoms with Gasteiger partial charge in [-0.25, -0.2) is 9.97 Å². The normalized spacial score (nSPS) is 12.3. The molecular weight excluding hydrogens is 314 g/mol. The second-order valence-corrected chi connectivity index (χ2v) is 6.95. The van der Waals surface area contributed by atoms with E-state index in [-0.39, 0.29) is 11.2 Å². The van der Waals surface area contributed by atoms with Gasteiger partial charge in [-0.3, -0.25) is 4.79 Å². The predicted molar refractivity (Wildman–Crippen MR) is 91.1 cm³/mol. The summed E-state index contributed by atoms with van der Waals surface area (Å²) in [5, 5.41) is 3.53. The van der Waals surface area contributed by atoms with Crippen molar-refractivity contribution in [1.82, 2.24) is 14.9 Å². The van der Waals surface area contributed by atoms with Gasteiger partial charge in [0, 0.05) is 19.5 Å². The third-order valence-electron chi connectivity index (χ3n) is 3.22. The first-order chi connectivity index (χ1) is 10.7. The molecule has 4 nitrogen and oxygen atoms in total. The van der Waals surface area contributed by atoms with Crippen LogP contribution in [0.2, 0.25) is 0 Å². The van der Waals surface area contributed by atoms with Crippen LogP contribution in [0.1, 0.15) is 10.8 Å². The van der Waals surface area contributed by atoms with Crippen LogP contribution < -0.4 is 0 Å². The number of carbonyl (C=O) groups excluding carboxylic acids is 1. The average Bonchev–Trinajstić information content (AvgIpc) is 3.02. The van der Waals surface area contributed by atoms with Gasteiger partial charge >= 0.3 is 0 Å². The van der Waals surface area contributed by atoms with Gasteiger partial charge in [-0.05, 0) is 17.0 Å². The molecule has 0 spiro atoms. The summed E-state index contributed by atoms with van der Waals surface area (Å²) in [6.45, 7) is 0. The lowest BCUT2D eigenvalue weighted by atomic mass is 10.1. The Balaban J connectivity index is 2.00. The number of carbonyl (C=O) groups is 1. The number of rotatable bonds is 4. The SMILES string of the molecule is CN(C)C(=O)[C@H](Sc1ncnc2sccc12)c1ccccc1. The Hall–Kier alpha value is -1.92. The van der Waals surface area contributed by atoms with Gasteiger partial charge < -0.3 is 4.90 Å². The number of thioether (sulfide) groups is 1. The zero-order valence-corrected chi connectivity index (χ0v) is 13.9. The summed E-state index contributed by atoms with van der Waals surface area (Å²) in [7, 11) is 3.55. The lowest BCUT2D eigenvalue weighted by molar-refractivity contribution is -0.128. The molecule has 6 heteroatoms. The van der Waals surface area contributed by atoms with Crippen LogP contribution in [0.4, 0.5) is 0 Å². The number of amides is 1. The molecule has 3 rings (SSSR count). The summed E-state index contributed by atoms with van der Waals surface area (Å²) in [6.07, 6.45) is 1.56. The fourth-order valence-electron chi connectivity index (χ4n) is 2.10. The van der Waals surface area contributed by atoms with Crippen LogP contribution in [-0.2, 0) is 4.79 Å². The summed E-state index contributed by atoms with van der Waals surface area (Å²) in [6, 6.07) is 11.8. The van der Waals surface area contributed by atoms with Crippen LogP contribution in [0.5, 0.6) is 0 Å². The smallest absolute Gasteiger partial charge is 0.240 e. The van der Waals surface area contributed by atoms with Gasteiger partial charge in [-0.2, -0.15) is 0 Å². The van der Waals surface area contributed by atoms with Crippen LogP contribution in [0.15, 0.2) is 53.1 Å². The van der Waals surface area contributed by atoms with Gasteiger partial charge in [0.05, 0.1) is 0 Å². The molecule has 1 aromatic carbocycles. The third-order valence-corrected chi connectivity index (χ3v) is 5.30. The molecule has 22 heavy (non-hydrogen) atoms. The molecule has 3 aromatic rings. The van der Waals surface area contributed by atoms with E-state index in [9.17, 15) is 4.79 Å². The fourth-order valence-corrected chi connectivity index (χ4v) is 4.12. The highest BCUT2D eigenvalue weighted by Crippen LogP contribution is 2.38. The van der Waals surface area contributed by atoms with Crippen LogP contribution in [-0.4, -0.2) is 34.9 Å². The van der Waals surface area contributed by atoms with E-state index in [1.54, 1.807) is 36.7 Å². The average molecular weight is 329 g/mol. The zero-order valence-electron chi connectivity index (χ0n) is 12.3. The maximum absolute atomic E-state index is 12.6. The molecule has 0 saturated carbocycles. The maximum atomic E-state index is 12.6. The lowest BCUT2D eigenvalue weighted by Crippen LogP contribution is -2.26. The first-order valence-corrected chi connectivity index (χ1v) is 8.53. The van der Waals surface area contributed by atoms with E-state index in [1.807, 2.05) is 41.8 Å². The van der Waals surface area contributed by atoms with Crippen LogP contribution in [0.3, 0.4) is 0 Å².